The number of nitrogens with zero attached hydrogens (tertiary/aromatic N) is 3. The Bertz CT molecular complexity index is 1180. The molecule has 0 saturated carbocycles. The number of hydrogen-bond donors (Lipinski definition) is 0. The highest BCUT2D eigenvalue weighted by atomic mass is 32.1. The van der Waals surface area contributed by atoms with E-state index in [0.29, 0.717) is 29.4 Å². The summed E-state index contributed by atoms with van der Waals surface area (Å²) in [5.74, 6) is 0.374. The van der Waals surface area contributed by atoms with E-state index in [2.05, 4.69) is 10.3 Å². The van der Waals surface area contributed by atoms with E-state index in [9.17, 15) is 9.59 Å². The molecule has 1 atom stereocenters. The third-order valence-electron chi connectivity index (χ3n) is 5.33. The highest BCUT2D eigenvalue weighted by Crippen LogP contribution is 2.37. The summed E-state index contributed by atoms with van der Waals surface area (Å²) in [5.41, 5.74) is 2.25. The number of methoxy groups -OCH3 is 2. The molecule has 1 aromatic carbocycles. The van der Waals surface area contributed by atoms with Gasteiger partial charge in [0.2, 0.25) is 0 Å². The number of benzene rings is 1. The molecule has 172 valence electrons. The third-order valence-corrected chi connectivity index (χ3v) is 6.25. The van der Waals surface area contributed by atoms with E-state index in [1.54, 1.807) is 45.5 Å². The maximum absolute atomic E-state index is 13.1. The minimum Gasteiger partial charge on any atom is -0.493 e. The van der Waals surface area contributed by atoms with Crippen molar-refractivity contribution in [3.63, 3.8) is 0 Å². The van der Waals surface area contributed by atoms with Crippen molar-refractivity contribution < 1.29 is 28.3 Å². The summed E-state index contributed by atoms with van der Waals surface area (Å²) in [6.07, 6.45) is 0.513. The van der Waals surface area contributed by atoms with Crippen LogP contribution in [0.25, 0.3) is 0 Å². The van der Waals surface area contributed by atoms with Crippen LogP contribution in [0.3, 0.4) is 0 Å². The third kappa shape index (κ3) is 4.47. The number of hydrogen-bond acceptors (Lipinski definition) is 9. The van der Waals surface area contributed by atoms with Crippen LogP contribution in [0.2, 0.25) is 0 Å². The molecule has 0 N–H and O–H groups in total. The van der Waals surface area contributed by atoms with Crippen molar-refractivity contribution in [3.05, 3.63) is 63.2 Å². The van der Waals surface area contributed by atoms with Crippen LogP contribution in [-0.4, -0.2) is 48.6 Å². The monoisotopic (exact) mass is 469 g/mol. The van der Waals surface area contributed by atoms with Crippen molar-refractivity contribution in [1.29, 1.82) is 0 Å². The molecule has 0 unspecified atom stereocenters. The highest BCUT2D eigenvalue weighted by Gasteiger charge is 2.34. The first-order valence-corrected chi connectivity index (χ1v) is 11.1. The number of esters is 1. The van der Waals surface area contributed by atoms with Gasteiger partial charge in [0.1, 0.15) is 11.3 Å². The van der Waals surface area contributed by atoms with Gasteiger partial charge in [0.05, 0.1) is 36.5 Å². The Hall–Kier alpha value is -3.66. The molecular formula is C23H23N3O6S. The minimum atomic E-state index is -0.663. The molecule has 3 heterocycles. The van der Waals surface area contributed by atoms with Gasteiger partial charge in [0, 0.05) is 6.42 Å². The first-order chi connectivity index (χ1) is 15.9. The fraction of sp³-hybridized carbons (Fsp3) is 0.304. The topological polar surface area (TPSA) is 103 Å². The van der Waals surface area contributed by atoms with Gasteiger partial charge in [0.25, 0.3) is 5.91 Å². The van der Waals surface area contributed by atoms with Gasteiger partial charge in [0.15, 0.2) is 18.1 Å². The average Bonchev–Trinajstić information content (AvgIpc) is 3.57. The van der Waals surface area contributed by atoms with E-state index in [0.717, 1.165) is 16.2 Å². The maximum Gasteiger partial charge on any atom is 0.344 e. The number of hydrazone groups is 1. The highest BCUT2D eigenvalue weighted by molar-refractivity contribution is 7.12. The van der Waals surface area contributed by atoms with Gasteiger partial charge in [-0.1, -0.05) is 17.3 Å². The predicted octanol–water partition coefficient (Wildman–Crippen LogP) is 3.90. The van der Waals surface area contributed by atoms with Crippen LogP contribution in [-0.2, 0) is 9.53 Å². The number of carbonyl (C=O) groups excluding carboxylic acids is 2. The molecule has 0 aliphatic carbocycles. The van der Waals surface area contributed by atoms with Crippen LogP contribution < -0.4 is 9.47 Å². The standard InChI is InChI=1S/C23H23N3O6S/c1-13-22(14(2)32-25-13)23(28)31-12-21(27)26-17(11-16(24-26)20-6-5-9-33-20)15-7-8-18(29-3)19(10-15)30-4/h5-10,17H,11-12H2,1-4H3/t17-/m1/s1. The SMILES string of the molecule is COc1ccc([C@H]2CC(c3cccs3)=NN2C(=O)COC(=O)c2c(C)noc2C)cc1OC. The van der Waals surface area contributed by atoms with Crippen LogP contribution >= 0.6 is 11.3 Å². The molecule has 9 nitrogen and oxygen atoms in total. The second-order valence-corrected chi connectivity index (χ2v) is 8.32. The molecule has 0 bridgehead atoms. The van der Waals surface area contributed by atoms with E-state index in [4.69, 9.17) is 18.7 Å². The zero-order valence-electron chi connectivity index (χ0n) is 18.7. The fourth-order valence-electron chi connectivity index (χ4n) is 3.69. The van der Waals surface area contributed by atoms with Crippen molar-refractivity contribution in [3.8, 4) is 11.5 Å². The fourth-order valence-corrected chi connectivity index (χ4v) is 4.41. The lowest BCUT2D eigenvalue weighted by Crippen LogP contribution is -2.31. The zero-order valence-corrected chi connectivity index (χ0v) is 19.5. The summed E-state index contributed by atoms with van der Waals surface area (Å²) in [7, 11) is 3.12. The first-order valence-electron chi connectivity index (χ1n) is 10.2. The molecule has 33 heavy (non-hydrogen) atoms. The summed E-state index contributed by atoms with van der Waals surface area (Å²) in [5, 5.41) is 11.7. The van der Waals surface area contributed by atoms with E-state index in [-0.39, 0.29) is 11.6 Å². The van der Waals surface area contributed by atoms with Crippen LogP contribution in [0.15, 0.2) is 45.3 Å². The van der Waals surface area contributed by atoms with Gasteiger partial charge in [-0.25, -0.2) is 9.80 Å². The molecular weight excluding hydrogens is 446 g/mol. The molecule has 3 aromatic rings. The largest absolute Gasteiger partial charge is 0.493 e. The Balaban J connectivity index is 1.58. The number of aryl methyl sites for hydroxylation is 2. The summed E-state index contributed by atoms with van der Waals surface area (Å²) < 4.78 is 21.0. The quantitative estimate of drug-likeness (QED) is 0.483. The number of rotatable bonds is 7. The van der Waals surface area contributed by atoms with Crippen molar-refractivity contribution >= 4 is 28.9 Å². The van der Waals surface area contributed by atoms with Gasteiger partial charge in [-0.05, 0) is 43.0 Å². The van der Waals surface area contributed by atoms with E-state index in [1.165, 1.54) is 5.01 Å². The lowest BCUT2D eigenvalue weighted by molar-refractivity contribution is -0.136. The van der Waals surface area contributed by atoms with Gasteiger partial charge in [-0.3, -0.25) is 4.79 Å². The number of carbonyl (C=O) groups is 2. The predicted molar refractivity (Wildman–Crippen MR) is 121 cm³/mol. The van der Waals surface area contributed by atoms with Crippen molar-refractivity contribution in [2.24, 2.45) is 5.10 Å². The van der Waals surface area contributed by atoms with Crippen molar-refractivity contribution in [1.82, 2.24) is 10.2 Å². The Kier molecular flexibility index (Phi) is 6.45. The molecule has 0 saturated heterocycles. The normalized spacial score (nSPS) is 15.3. The molecule has 0 spiro atoms. The Morgan fingerprint density at radius 2 is 1.97 bits per heavy atom. The first kappa shape index (κ1) is 22.5. The molecule has 0 radical (unpaired) electrons. The number of thiophene rings is 1. The molecule has 0 fully saturated rings. The number of amides is 1. The molecule has 2 aromatic heterocycles. The summed E-state index contributed by atoms with van der Waals surface area (Å²) in [4.78, 5) is 26.6. The maximum atomic E-state index is 13.1. The van der Waals surface area contributed by atoms with Gasteiger partial charge < -0.3 is 18.7 Å². The Labute approximate surface area is 194 Å². The summed E-state index contributed by atoms with van der Waals surface area (Å²) in [6.45, 7) is 2.79. The second-order valence-electron chi connectivity index (χ2n) is 7.37. The van der Waals surface area contributed by atoms with Crippen molar-refractivity contribution in [2.45, 2.75) is 26.3 Å². The van der Waals surface area contributed by atoms with Gasteiger partial charge in [-0.2, -0.15) is 5.10 Å². The lowest BCUT2D eigenvalue weighted by Gasteiger charge is -2.22. The molecule has 4 rings (SSSR count). The van der Waals surface area contributed by atoms with E-state index < -0.39 is 18.5 Å². The van der Waals surface area contributed by atoms with E-state index in [1.807, 2.05) is 29.6 Å². The Morgan fingerprint density at radius 3 is 2.61 bits per heavy atom. The molecule has 1 aliphatic heterocycles. The number of aromatic nitrogens is 1. The van der Waals surface area contributed by atoms with Crippen molar-refractivity contribution in [2.75, 3.05) is 20.8 Å². The summed E-state index contributed by atoms with van der Waals surface area (Å²) in [6, 6.07) is 9.00. The molecule has 1 amide bonds. The minimum absolute atomic E-state index is 0.225. The van der Waals surface area contributed by atoms with Gasteiger partial charge >= 0.3 is 5.97 Å². The van der Waals surface area contributed by atoms with Gasteiger partial charge in [-0.15, -0.1) is 11.3 Å². The number of ether oxygens (including phenoxy) is 3. The second kappa shape index (κ2) is 9.45. The van der Waals surface area contributed by atoms with Crippen LogP contribution in [0, 0.1) is 13.8 Å². The molecule has 10 heteroatoms. The Morgan fingerprint density at radius 1 is 1.18 bits per heavy atom. The summed E-state index contributed by atoms with van der Waals surface area (Å²) >= 11 is 1.55. The average molecular weight is 470 g/mol. The van der Waals surface area contributed by atoms with Crippen LogP contribution in [0.5, 0.6) is 11.5 Å². The van der Waals surface area contributed by atoms with Crippen LogP contribution in [0.1, 0.15) is 44.7 Å². The van der Waals surface area contributed by atoms with Crippen LogP contribution in [0.4, 0.5) is 0 Å². The molecule has 1 aliphatic rings. The van der Waals surface area contributed by atoms with E-state index >= 15 is 0 Å². The lowest BCUT2D eigenvalue weighted by atomic mass is 10.0. The smallest absolute Gasteiger partial charge is 0.344 e. The zero-order chi connectivity index (χ0) is 23.5.